The first-order chi connectivity index (χ1) is 11.5. The minimum Gasteiger partial charge on any atom is -0.346 e. The molecule has 1 N–H and O–H groups in total. The van der Waals surface area contributed by atoms with Crippen LogP contribution in [-0.2, 0) is 16.1 Å². The molecule has 1 unspecified atom stereocenters. The van der Waals surface area contributed by atoms with Gasteiger partial charge in [0.25, 0.3) is 0 Å². The Kier molecular flexibility index (Phi) is 5.35. The Morgan fingerprint density at radius 2 is 1.76 bits per heavy atom. The van der Waals surface area contributed by atoms with Crippen LogP contribution in [0.25, 0.3) is 10.9 Å². The summed E-state index contributed by atoms with van der Waals surface area (Å²) in [7, 11) is 0. The van der Waals surface area contributed by atoms with E-state index in [9.17, 15) is 9.59 Å². The van der Waals surface area contributed by atoms with Crippen LogP contribution in [-0.4, -0.2) is 27.5 Å². The lowest BCUT2D eigenvalue weighted by Crippen LogP contribution is -2.52. The van der Waals surface area contributed by atoms with E-state index in [1.807, 2.05) is 70.5 Å². The number of para-hydroxylation sites is 1. The number of Topliss-reactive ketones (excluding diaryl/α,β-unsaturated/α-hetero) is 1. The smallest absolute Gasteiger partial charge is 0.222 e. The van der Waals surface area contributed by atoms with Crippen LogP contribution in [0.5, 0.6) is 0 Å². The number of aromatic nitrogens is 2. The molecule has 0 aliphatic carbocycles. The van der Waals surface area contributed by atoms with E-state index in [4.69, 9.17) is 0 Å². The molecule has 5 heteroatoms. The summed E-state index contributed by atoms with van der Waals surface area (Å²) in [4.78, 5) is 25.2. The summed E-state index contributed by atoms with van der Waals surface area (Å²) in [6.07, 6.45) is 2.09. The van der Waals surface area contributed by atoms with Crippen molar-refractivity contribution in [3.05, 3.63) is 30.5 Å². The van der Waals surface area contributed by atoms with Crippen molar-refractivity contribution in [3.63, 3.8) is 0 Å². The van der Waals surface area contributed by atoms with Gasteiger partial charge in [-0.2, -0.15) is 5.10 Å². The van der Waals surface area contributed by atoms with Crippen molar-refractivity contribution >= 4 is 22.6 Å². The fourth-order valence-corrected chi connectivity index (χ4v) is 2.75. The number of carbonyl (C=O) groups excluding carboxylic acids is 2. The number of hydrogen-bond acceptors (Lipinski definition) is 3. The molecule has 2 rings (SSSR count). The standard InChI is InChI=1S/C20H29N3O2/c1-19(2,3)17(18(25)20(4,5)6)22-16(24)11-12-23-15-10-8-7-9-14(15)13-21-23/h7-10,13,17H,11-12H2,1-6H3,(H,22,24). The van der Waals surface area contributed by atoms with E-state index in [-0.39, 0.29) is 23.5 Å². The molecular formula is C20H29N3O2. The Balaban J connectivity index is 2.05. The van der Waals surface area contributed by atoms with Crippen molar-refractivity contribution in [2.45, 2.75) is 60.5 Å². The van der Waals surface area contributed by atoms with Gasteiger partial charge in [0, 0.05) is 17.2 Å². The van der Waals surface area contributed by atoms with Crippen LogP contribution in [0.1, 0.15) is 48.0 Å². The average molecular weight is 343 g/mol. The van der Waals surface area contributed by atoms with Gasteiger partial charge in [-0.15, -0.1) is 0 Å². The highest BCUT2D eigenvalue weighted by atomic mass is 16.2. The average Bonchev–Trinajstić information content (AvgIpc) is 2.91. The van der Waals surface area contributed by atoms with Gasteiger partial charge in [-0.25, -0.2) is 0 Å². The highest BCUT2D eigenvalue weighted by Gasteiger charge is 2.38. The number of fused-ring (bicyclic) bond motifs is 1. The fraction of sp³-hybridized carbons (Fsp3) is 0.550. The molecule has 25 heavy (non-hydrogen) atoms. The van der Waals surface area contributed by atoms with Crippen LogP contribution in [0, 0.1) is 10.8 Å². The predicted octanol–water partition coefficient (Wildman–Crippen LogP) is 3.57. The Morgan fingerprint density at radius 3 is 2.36 bits per heavy atom. The first-order valence-corrected chi connectivity index (χ1v) is 8.74. The van der Waals surface area contributed by atoms with Crippen molar-refractivity contribution in [1.82, 2.24) is 15.1 Å². The molecule has 0 fully saturated rings. The van der Waals surface area contributed by atoms with Gasteiger partial charge in [0.05, 0.1) is 24.3 Å². The number of aryl methyl sites for hydroxylation is 1. The third-order valence-electron chi connectivity index (χ3n) is 4.27. The summed E-state index contributed by atoms with van der Waals surface area (Å²) in [6.45, 7) is 12.1. The molecule has 1 amide bonds. The van der Waals surface area contributed by atoms with Crippen molar-refractivity contribution in [1.29, 1.82) is 0 Å². The minimum absolute atomic E-state index is 0.0536. The molecule has 5 nitrogen and oxygen atoms in total. The van der Waals surface area contributed by atoms with Crippen LogP contribution >= 0.6 is 0 Å². The molecule has 1 heterocycles. The molecule has 1 aromatic heterocycles. The topological polar surface area (TPSA) is 64.0 Å². The Bertz CT molecular complexity index is 763. The van der Waals surface area contributed by atoms with Crippen LogP contribution < -0.4 is 5.32 Å². The molecule has 0 saturated carbocycles. The number of rotatable bonds is 5. The van der Waals surface area contributed by atoms with E-state index in [0.717, 1.165) is 10.9 Å². The maximum absolute atomic E-state index is 12.7. The highest BCUT2D eigenvalue weighted by Crippen LogP contribution is 2.27. The normalized spacial score (nSPS) is 13.7. The Labute approximate surface area is 149 Å². The maximum atomic E-state index is 12.7. The summed E-state index contributed by atoms with van der Waals surface area (Å²) < 4.78 is 1.83. The van der Waals surface area contributed by atoms with Crippen LogP contribution in [0.2, 0.25) is 0 Å². The highest BCUT2D eigenvalue weighted by molar-refractivity contribution is 5.93. The Hall–Kier alpha value is -2.17. The zero-order valence-corrected chi connectivity index (χ0v) is 16.1. The SMILES string of the molecule is CC(C)(C)C(=O)C(NC(=O)CCn1ncc2ccccc21)C(C)(C)C. The minimum atomic E-state index is -0.505. The van der Waals surface area contributed by atoms with Gasteiger partial charge in [0.2, 0.25) is 5.91 Å². The van der Waals surface area contributed by atoms with E-state index in [1.165, 1.54) is 0 Å². The first-order valence-electron chi connectivity index (χ1n) is 8.74. The molecule has 0 aliphatic rings. The van der Waals surface area contributed by atoms with Gasteiger partial charge in [-0.3, -0.25) is 14.3 Å². The molecule has 136 valence electrons. The lowest BCUT2D eigenvalue weighted by Gasteiger charge is -2.34. The molecule has 0 bridgehead atoms. The molecular weight excluding hydrogens is 314 g/mol. The molecule has 1 atom stereocenters. The number of ketones is 1. The number of nitrogens with one attached hydrogen (secondary N) is 1. The summed E-state index contributed by atoms with van der Waals surface area (Å²) in [5, 5.41) is 8.34. The summed E-state index contributed by atoms with van der Waals surface area (Å²) in [5.41, 5.74) is 0.176. The van der Waals surface area contributed by atoms with Crippen LogP contribution in [0.3, 0.4) is 0 Å². The van der Waals surface area contributed by atoms with Gasteiger partial charge in [-0.1, -0.05) is 59.7 Å². The maximum Gasteiger partial charge on any atom is 0.222 e. The summed E-state index contributed by atoms with van der Waals surface area (Å²) in [6, 6.07) is 7.40. The van der Waals surface area contributed by atoms with E-state index in [2.05, 4.69) is 10.4 Å². The van der Waals surface area contributed by atoms with Gasteiger partial charge in [-0.05, 0) is 11.5 Å². The Morgan fingerprint density at radius 1 is 1.12 bits per heavy atom. The zero-order chi connectivity index (χ0) is 18.8. The van der Waals surface area contributed by atoms with Crippen LogP contribution in [0.4, 0.5) is 0 Å². The molecule has 0 spiro atoms. The van der Waals surface area contributed by atoms with Crippen molar-refractivity contribution in [3.8, 4) is 0 Å². The second-order valence-electron chi connectivity index (χ2n) is 8.66. The third-order valence-corrected chi connectivity index (χ3v) is 4.27. The van der Waals surface area contributed by atoms with Gasteiger partial charge < -0.3 is 5.32 Å². The molecule has 2 aromatic rings. The lowest BCUT2D eigenvalue weighted by molar-refractivity contribution is -0.135. The largest absolute Gasteiger partial charge is 0.346 e. The second-order valence-corrected chi connectivity index (χ2v) is 8.66. The van der Waals surface area contributed by atoms with Gasteiger partial charge in [0.1, 0.15) is 0 Å². The molecule has 0 saturated heterocycles. The third kappa shape index (κ3) is 4.68. The first kappa shape index (κ1) is 19.2. The molecule has 1 aromatic carbocycles. The number of hydrogen-bond donors (Lipinski definition) is 1. The fourth-order valence-electron chi connectivity index (χ4n) is 2.75. The summed E-state index contributed by atoms with van der Waals surface area (Å²) in [5.74, 6) is -0.0741. The zero-order valence-electron chi connectivity index (χ0n) is 16.1. The van der Waals surface area contributed by atoms with E-state index in [0.29, 0.717) is 6.54 Å². The number of benzene rings is 1. The molecule has 0 radical (unpaired) electrons. The van der Waals surface area contributed by atoms with Crippen molar-refractivity contribution in [2.75, 3.05) is 0 Å². The van der Waals surface area contributed by atoms with E-state index in [1.54, 1.807) is 6.20 Å². The van der Waals surface area contributed by atoms with Gasteiger partial charge in [0.15, 0.2) is 5.78 Å². The lowest BCUT2D eigenvalue weighted by atomic mass is 9.75. The van der Waals surface area contributed by atoms with Crippen molar-refractivity contribution < 1.29 is 9.59 Å². The predicted molar refractivity (Wildman–Crippen MR) is 100 cm³/mol. The van der Waals surface area contributed by atoms with E-state index < -0.39 is 11.5 Å². The second kappa shape index (κ2) is 6.98. The molecule has 0 aliphatic heterocycles. The number of nitrogens with zero attached hydrogens (tertiary/aromatic N) is 2. The quantitative estimate of drug-likeness (QED) is 0.902. The van der Waals surface area contributed by atoms with Crippen LogP contribution in [0.15, 0.2) is 30.5 Å². The van der Waals surface area contributed by atoms with E-state index >= 15 is 0 Å². The van der Waals surface area contributed by atoms with Gasteiger partial charge >= 0.3 is 0 Å². The number of carbonyl (C=O) groups is 2. The number of amides is 1. The summed E-state index contributed by atoms with van der Waals surface area (Å²) >= 11 is 0. The monoisotopic (exact) mass is 343 g/mol. The van der Waals surface area contributed by atoms with Crippen molar-refractivity contribution in [2.24, 2.45) is 10.8 Å².